The molecule has 120 valence electrons. The largest absolute Gasteiger partial charge is 0.386 e. The van der Waals surface area contributed by atoms with E-state index < -0.39 is 49.2 Å². The third-order valence-corrected chi connectivity index (χ3v) is 2.57. The zero-order valence-corrected chi connectivity index (χ0v) is 12.0. The Bertz CT molecular complexity index is 353. The Hall–Kier alpha value is -1.38. The SMILES string of the molecule is CC=CC(O)C(O)C(=O)COCC(=O)C(O)C(O)C=CC. The van der Waals surface area contributed by atoms with Crippen LogP contribution >= 0.6 is 0 Å². The van der Waals surface area contributed by atoms with Crippen molar-refractivity contribution in [3.8, 4) is 0 Å². The fourth-order valence-corrected chi connectivity index (χ4v) is 1.41. The topological polar surface area (TPSA) is 124 Å². The average molecular weight is 302 g/mol. The maximum atomic E-state index is 11.4. The van der Waals surface area contributed by atoms with Gasteiger partial charge in [0.05, 0.1) is 0 Å². The number of carbonyl (C=O) groups is 2. The van der Waals surface area contributed by atoms with Crippen molar-refractivity contribution < 1.29 is 34.8 Å². The minimum absolute atomic E-state index is 0.589. The number of hydrogen-bond acceptors (Lipinski definition) is 7. The number of allylic oxidation sites excluding steroid dienone is 2. The molecule has 0 saturated carbocycles. The van der Waals surface area contributed by atoms with E-state index in [0.717, 1.165) is 0 Å². The van der Waals surface area contributed by atoms with Crippen molar-refractivity contribution in [1.82, 2.24) is 0 Å². The van der Waals surface area contributed by atoms with Gasteiger partial charge < -0.3 is 25.2 Å². The molecule has 7 heteroatoms. The highest BCUT2D eigenvalue weighted by atomic mass is 16.5. The quantitative estimate of drug-likeness (QED) is 0.371. The maximum absolute atomic E-state index is 11.4. The van der Waals surface area contributed by atoms with Crippen LogP contribution in [0.5, 0.6) is 0 Å². The molecule has 7 nitrogen and oxygen atoms in total. The van der Waals surface area contributed by atoms with Gasteiger partial charge in [0, 0.05) is 0 Å². The Morgan fingerprint density at radius 1 is 0.857 bits per heavy atom. The van der Waals surface area contributed by atoms with Crippen LogP contribution in [-0.4, -0.2) is 69.6 Å². The summed E-state index contributed by atoms with van der Waals surface area (Å²) in [4.78, 5) is 22.9. The Kier molecular flexibility index (Phi) is 9.68. The van der Waals surface area contributed by atoms with Crippen LogP contribution in [0.15, 0.2) is 24.3 Å². The number of ether oxygens (including phenoxy) is 1. The van der Waals surface area contributed by atoms with Gasteiger partial charge >= 0.3 is 0 Å². The van der Waals surface area contributed by atoms with E-state index >= 15 is 0 Å². The van der Waals surface area contributed by atoms with Crippen molar-refractivity contribution in [2.75, 3.05) is 13.2 Å². The Morgan fingerprint density at radius 2 is 1.19 bits per heavy atom. The van der Waals surface area contributed by atoms with Gasteiger partial charge in [-0.2, -0.15) is 0 Å². The lowest BCUT2D eigenvalue weighted by Gasteiger charge is -2.15. The Morgan fingerprint density at radius 3 is 1.48 bits per heavy atom. The summed E-state index contributed by atoms with van der Waals surface area (Å²) in [6.45, 7) is 2.06. The normalized spacial score (nSPS) is 17.8. The summed E-state index contributed by atoms with van der Waals surface area (Å²) >= 11 is 0. The number of Topliss-reactive ketones (excluding diaryl/α,β-unsaturated/α-hetero) is 2. The summed E-state index contributed by atoms with van der Waals surface area (Å²) in [5.41, 5.74) is 0. The molecule has 0 aliphatic carbocycles. The summed E-state index contributed by atoms with van der Waals surface area (Å²) in [5, 5.41) is 37.6. The predicted octanol–water partition coefficient (Wildman–Crippen LogP) is -1.26. The van der Waals surface area contributed by atoms with Crippen molar-refractivity contribution in [3.05, 3.63) is 24.3 Å². The summed E-state index contributed by atoms with van der Waals surface area (Å²) in [6, 6.07) is 0. The summed E-state index contributed by atoms with van der Waals surface area (Å²) in [6.07, 6.45) is -0.539. The van der Waals surface area contributed by atoms with Gasteiger partial charge in [-0.3, -0.25) is 9.59 Å². The van der Waals surface area contributed by atoms with Crippen LogP contribution in [0.1, 0.15) is 13.8 Å². The highest BCUT2D eigenvalue weighted by Gasteiger charge is 2.24. The van der Waals surface area contributed by atoms with Gasteiger partial charge in [-0.15, -0.1) is 0 Å². The lowest BCUT2D eigenvalue weighted by Crippen LogP contribution is -2.38. The van der Waals surface area contributed by atoms with Crippen molar-refractivity contribution in [2.24, 2.45) is 0 Å². The molecule has 0 aromatic rings. The lowest BCUT2D eigenvalue weighted by atomic mass is 10.1. The van der Waals surface area contributed by atoms with Crippen LogP contribution in [-0.2, 0) is 14.3 Å². The van der Waals surface area contributed by atoms with E-state index in [9.17, 15) is 30.0 Å². The highest BCUT2D eigenvalue weighted by Crippen LogP contribution is 2.01. The van der Waals surface area contributed by atoms with Crippen LogP contribution in [0.3, 0.4) is 0 Å². The minimum atomic E-state index is -1.64. The van der Waals surface area contributed by atoms with E-state index in [2.05, 4.69) is 0 Å². The van der Waals surface area contributed by atoms with Gasteiger partial charge in [0.25, 0.3) is 0 Å². The van der Waals surface area contributed by atoms with Gasteiger partial charge in [0.15, 0.2) is 11.6 Å². The van der Waals surface area contributed by atoms with Gasteiger partial charge in [-0.25, -0.2) is 0 Å². The molecule has 4 unspecified atom stereocenters. The fraction of sp³-hybridized carbons (Fsp3) is 0.571. The number of carbonyl (C=O) groups excluding carboxylic acids is 2. The van der Waals surface area contributed by atoms with Crippen molar-refractivity contribution in [3.63, 3.8) is 0 Å². The van der Waals surface area contributed by atoms with E-state index in [-0.39, 0.29) is 0 Å². The number of hydrogen-bond donors (Lipinski definition) is 4. The van der Waals surface area contributed by atoms with Crippen LogP contribution in [0, 0.1) is 0 Å². The number of ketones is 2. The number of aliphatic hydroxyl groups is 4. The smallest absolute Gasteiger partial charge is 0.189 e. The third-order valence-electron chi connectivity index (χ3n) is 2.57. The van der Waals surface area contributed by atoms with E-state index in [4.69, 9.17) is 4.74 Å². The molecule has 0 bridgehead atoms. The van der Waals surface area contributed by atoms with E-state index in [1.54, 1.807) is 13.8 Å². The average Bonchev–Trinajstić information content (AvgIpc) is 2.45. The fourth-order valence-electron chi connectivity index (χ4n) is 1.41. The zero-order chi connectivity index (χ0) is 16.4. The standard InChI is InChI=1S/C14H22O7/c1-3-5-9(15)13(19)11(17)7-21-8-12(18)14(20)10(16)6-4-2/h3-6,9-10,13-16,19-20H,7-8H2,1-2H3. The molecule has 0 aromatic heterocycles. The molecule has 4 atom stereocenters. The van der Waals surface area contributed by atoms with Crippen LogP contribution < -0.4 is 0 Å². The molecule has 0 fully saturated rings. The predicted molar refractivity (Wildman–Crippen MR) is 74.5 cm³/mol. The Balaban J connectivity index is 4.19. The molecule has 0 heterocycles. The number of aliphatic hydroxyl groups excluding tert-OH is 4. The second-order valence-corrected chi connectivity index (χ2v) is 4.35. The van der Waals surface area contributed by atoms with Gasteiger partial charge in [0.2, 0.25) is 0 Å². The molecule has 0 aliphatic rings. The van der Waals surface area contributed by atoms with Gasteiger partial charge in [-0.05, 0) is 13.8 Å². The van der Waals surface area contributed by atoms with Crippen molar-refractivity contribution in [2.45, 2.75) is 38.3 Å². The molecule has 4 N–H and O–H groups in total. The molecule has 21 heavy (non-hydrogen) atoms. The van der Waals surface area contributed by atoms with Crippen LogP contribution in [0.4, 0.5) is 0 Å². The molecule has 0 amide bonds. The molecule has 0 saturated heterocycles. The minimum Gasteiger partial charge on any atom is -0.386 e. The molecular weight excluding hydrogens is 280 g/mol. The first-order valence-corrected chi connectivity index (χ1v) is 6.46. The molecular formula is C14H22O7. The first-order valence-electron chi connectivity index (χ1n) is 6.46. The second kappa shape index (κ2) is 10.4. The molecule has 0 aromatic carbocycles. The number of rotatable bonds is 10. The van der Waals surface area contributed by atoms with Gasteiger partial charge in [0.1, 0.15) is 37.6 Å². The third kappa shape index (κ3) is 7.26. The maximum Gasteiger partial charge on any atom is 0.189 e. The van der Waals surface area contributed by atoms with E-state index in [1.807, 2.05) is 0 Å². The molecule has 0 spiro atoms. The first kappa shape index (κ1) is 19.6. The monoisotopic (exact) mass is 302 g/mol. The lowest BCUT2D eigenvalue weighted by molar-refractivity contribution is -0.141. The summed E-state index contributed by atoms with van der Waals surface area (Å²) in [5.74, 6) is -1.59. The van der Waals surface area contributed by atoms with Crippen molar-refractivity contribution in [1.29, 1.82) is 0 Å². The summed E-state index contributed by atoms with van der Waals surface area (Å²) < 4.78 is 4.77. The van der Waals surface area contributed by atoms with E-state index in [1.165, 1.54) is 24.3 Å². The summed E-state index contributed by atoms with van der Waals surface area (Å²) in [7, 11) is 0. The molecule has 0 aliphatic heterocycles. The highest BCUT2D eigenvalue weighted by molar-refractivity contribution is 5.87. The van der Waals surface area contributed by atoms with Gasteiger partial charge in [-0.1, -0.05) is 24.3 Å². The first-order chi connectivity index (χ1) is 9.84. The van der Waals surface area contributed by atoms with Crippen molar-refractivity contribution >= 4 is 11.6 Å². The van der Waals surface area contributed by atoms with Crippen LogP contribution in [0.25, 0.3) is 0 Å². The zero-order valence-electron chi connectivity index (χ0n) is 12.0. The second-order valence-electron chi connectivity index (χ2n) is 4.35. The Labute approximate surface area is 123 Å². The van der Waals surface area contributed by atoms with Crippen LogP contribution in [0.2, 0.25) is 0 Å². The molecule has 0 radical (unpaired) electrons. The van der Waals surface area contributed by atoms with E-state index in [0.29, 0.717) is 0 Å². The molecule has 0 rings (SSSR count).